The summed E-state index contributed by atoms with van der Waals surface area (Å²) in [5.41, 5.74) is 2.32. The molecule has 4 heterocycles. The normalized spacial score (nSPS) is 23.4. The average molecular weight is 386 g/mol. The summed E-state index contributed by atoms with van der Waals surface area (Å²) in [6.07, 6.45) is 0. The second-order valence-corrected chi connectivity index (χ2v) is 8.12. The molecule has 0 radical (unpaired) electrons. The highest BCUT2D eigenvalue weighted by molar-refractivity contribution is 5.78. The smallest absolute Gasteiger partial charge is 0.223 e. The molecule has 0 atom stereocenters. The van der Waals surface area contributed by atoms with Crippen LogP contribution in [0.3, 0.4) is 0 Å². The van der Waals surface area contributed by atoms with Crippen molar-refractivity contribution in [3.63, 3.8) is 0 Å². The number of hydrazine groups is 1. The molecular weight excluding hydrogens is 354 g/mol. The van der Waals surface area contributed by atoms with Gasteiger partial charge in [0.05, 0.1) is 37.6 Å². The Kier molecular flexibility index (Phi) is 5.21. The van der Waals surface area contributed by atoms with Crippen molar-refractivity contribution >= 4 is 17.0 Å². The Morgan fingerprint density at radius 1 is 0.893 bits per heavy atom. The summed E-state index contributed by atoms with van der Waals surface area (Å²) in [6, 6.07) is 8.52. The fourth-order valence-corrected chi connectivity index (χ4v) is 4.40. The molecule has 0 bridgehead atoms. The molecule has 1 aromatic heterocycles. The third-order valence-corrected chi connectivity index (χ3v) is 6.20. The summed E-state index contributed by atoms with van der Waals surface area (Å²) >= 11 is 0. The van der Waals surface area contributed by atoms with Crippen LogP contribution >= 0.6 is 0 Å². The Morgan fingerprint density at radius 3 is 2.46 bits per heavy atom. The zero-order chi connectivity index (χ0) is 18.9. The van der Waals surface area contributed by atoms with E-state index in [1.165, 1.54) is 5.52 Å². The van der Waals surface area contributed by atoms with Crippen LogP contribution in [0.2, 0.25) is 0 Å². The molecule has 0 amide bonds. The lowest BCUT2D eigenvalue weighted by atomic mass is 10.3. The Bertz CT molecular complexity index is 795. The van der Waals surface area contributed by atoms with E-state index in [0.717, 1.165) is 90.4 Å². The minimum Gasteiger partial charge on any atom is -0.379 e. The summed E-state index contributed by atoms with van der Waals surface area (Å²) in [5, 5.41) is 4.90. The van der Waals surface area contributed by atoms with Gasteiger partial charge in [-0.3, -0.25) is 19.4 Å². The number of rotatable bonds is 4. The minimum absolute atomic E-state index is 0.865. The Hall–Kier alpha value is -1.71. The van der Waals surface area contributed by atoms with Crippen LogP contribution in [0, 0.1) is 0 Å². The van der Waals surface area contributed by atoms with Crippen LogP contribution < -0.4 is 5.01 Å². The summed E-state index contributed by atoms with van der Waals surface area (Å²) in [7, 11) is 2.21. The molecule has 2 aromatic rings. The molecule has 0 aliphatic carbocycles. The quantitative estimate of drug-likeness (QED) is 0.762. The summed E-state index contributed by atoms with van der Waals surface area (Å²) in [5.74, 6) is 1.09. The van der Waals surface area contributed by atoms with Crippen molar-refractivity contribution in [3.05, 3.63) is 24.3 Å². The van der Waals surface area contributed by atoms with Gasteiger partial charge in [-0.2, -0.15) is 0 Å². The number of likely N-dealkylation sites (N-methyl/N-ethyl adjacent to an activating group) is 1. The predicted octanol–water partition coefficient (Wildman–Crippen LogP) is 0.568. The van der Waals surface area contributed by atoms with Gasteiger partial charge >= 0.3 is 0 Å². The topological polar surface area (TPSA) is 43.2 Å². The van der Waals surface area contributed by atoms with Crippen LogP contribution in [-0.4, -0.2) is 109 Å². The number of imidazole rings is 1. The van der Waals surface area contributed by atoms with Crippen molar-refractivity contribution in [1.29, 1.82) is 0 Å². The van der Waals surface area contributed by atoms with Crippen molar-refractivity contribution in [2.75, 3.05) is 84.3 Å². The van der Waals surface area contributed by atoms with E-state index >= 15 is 0 Å². The van der Waals surface area contributed by atoms with E-state index in [2.05, 4.69) is 60.6 Å². The molecule has 0 N–H and O–H groups in total. The highest BCUT2D eigenvalue weighted by Crippen LogP contribution is 2.28. The summed E-state index contributed by atoms with van der Waals surface area (Å²) < 4.78 is 7.88. The highest BCUT2D eigenvalue weighted by Gasteiger charge is 2.31. The zero-order valence-electron chi connectivity index (χ0n) is 16.8. The van der Waals surface area contributed by atoms with Gasteiger partial charge in [-0.25, -0.2) is 9.99 Å². The van der Waals surface area contributed by atoms with E-state index in [1.54, 1.807) is 0 Å². The van der Waals surface area contributed by atoms with Gasteiger partial charge in [0.2, 0.25) is 5.95 Å². The average Bonchev–Trinajstić information content (AvgIpc) is 3.12. The molecule has 28 heavy (non-hydrogen) atoms. The number of fused-ring (bicyclic) bond motifs is 3. The number of anilines is 1. The molecule has 5 rings (SSSR count). The fraction of sp³-hybridized carbons (Fsp3) is 0.650. The fourth-order valence-electron chi connectivity index (χ4n) is 4.40. The number of piperazine rings is 1. The number of nitrogens with zero attached hydrogens (tertiary/aromatic N) is 7. The van der Waals surface area contributed by atoms with Gasteiger partial charge in [0, 0.05) is 52.4 Å². The number of hydrogen-bond acceptors (Lipinski definition) is 7. The van der Waals surface area contributed by atoms with E-state index < -0.39 is 0 Å². The van der Waals surface area contributed by atoms with Gasteiger partial charge in [0.15, 0.2) is 0 Å². The van der Waals surface area contributed by atoms with Crippen LogP contribution in [0.5, 0.6) is 0 Å². The van der Waals surface area contributed by atoms with E-state index in [1.807, 2.05) is 0 Å². The first-order valence-electron chi connectivity index (χ1n) is 10.5. The molecule has 3 aliphatic heterocycles. The van der Waals surface area contributed by atoms with E-state index in [4.69, 9.17) is 9.72 Å². The van der Waals surface area contributed by atoms with Crippen molar-refractivity contribution in [1.82, 2.24) is 29.3 Å². The maximum Gasteiger partial charge on any atom is 0.223 e. The molecule has 3 aliphatic rings. The van der Waals surface area contributed by atoms with Gasteiger partial charge in [-0.15, -0.1) is 0 Å². The van der Waals surface area contributed by atoms with Gasteiger partial charge < -0.3 is 9.64 Å². The molecule has 152 valence electrons. The monoisotopic (exact) mass is 385 g/mol. The largest absolute Gasteiger partial charge is 0.379 e. The Labute approximate surface area is 166 Å². The van der Waals surface area contributed by atoms with Crippen LogP contribution in [0.15, 0.2) is 24.3 Å². The number of morpholine rings is 1. The Morgan fingerprint density at radius 2 is 1.64 bits per heavy atom. The van der Waals surface area contributed by atoms with Gasteiger partial charge in [-0.1, -0.05) is 12.1 Å². The number of hydrogen-bond donors (Lipinski definition) is 0. The molecule has 2 fully saturated rings. The summed E-state index contributed by atoms with van der Waals surface area (Å²) in [6.45, 7) is 12.1. The third kappa shape index (κ3) is 3.62. The molecule has 0 saturated carbocycles. The van der Waals surface area contributed by atoms with E-state index in [-0.39, 0.29) is 0 Å². The number of para-hydroxylation sites is 2. The second kappa shape index (κ2) is 7.96. The Balaban J connectivity index is 1.38. The van der Waals surface area contributed by atoms with Gasteiger partial charge in [0.1, 0.15) is 0 Å². The number of ether oxygens (including phenoxy) is 1. The third-order valence-electron chi connectivity index (χ3n) is 6.20. The molecule has 8 heteroatoms. The predicted molar refractivity (Wildman–Crippen MR) is 110 cm³/mol. The minimum atomic E-state index is 0.865. The van der Waals surface area contributed by atoms with E-state index in [9.17, 15) is 0 Å². The maximum absolute atomic E-state index is 5.49. The van der Waals surface area contributed by atoms with Crippen molar-refractivity contribution in [2.45, 2.75) is 6.67 Å². The van der Waals surface area contributed by atoms with Crippen molar-refractivity contribution in [2.24, 2.45) is 0 Å². The van der Waals surface area contributed by atoms with Crippen LogP contribution in [-0.2, 0) is 11.4 Å². The number of benzene rings is 1. The summed E-state index contributed by atoms with van der Waals surface area (Å²) in [4.78, 5) is 12.5. The van der Waals surface area contributed by atoms with Crippen LogP contribution in [0.1, 0.15) is 0 Å². The first kappa shape index (κ1) is 18.3. The SMILES string of the molecule is CN1CCN(N2CN(CCN3CCOCC3)Cn3c2nc2ccccc23)CC1. The molecular formula is C20H31N7O. The zero-order valence-corrected chi connectivity index (χ0v) is 16.8. The van der Waals surface area contributed by atoms with Gasteiger partial charge in [0.25, 0.3) is 0 Å². The highest BCUT2D eigenvalue weighted by atomic mass is 16.5. The van der Waals surface area contributed by atoms with Crippen molar-refractivity contribution in [3.8, 4) is 0 Å². The maximum atomic E-state index is 5.49. The standard InChI is InChI=1S/C20H31N7O/c1-22-6-10-25(11-7-22)27-17-24(9-8-23-12-14-28-15-13-23)16-26-19-5-3-2-4-18(19)21-20(26)27/h2-5H,6-17H2,1H3. The van der Waals surface area contributed by atoms with Crippen molar-refractivity contribution < 1.29 is 4.74 Å². The lowest BCUT2D eigenvalue weighted by molar-refractivity contribution is 0.0275. The molecule has 0 unspecified atom stereocenters. The molecule has 1 aromatic carbocycles. The molecule has 0 spiro atoms. The first-order valence-corrected chi connectivity index (χ1v) is 10.5. The number of aromatic nitrogens is 2. The first-order chi connectivity index (χ1) is 13.8. The van der Waals surface area contributed by atoms with Gasteiger partial charge in [-0.05, 0) is 19.2 Å². The molecule has 2 saturated heterocycles. The van der Waals surface area contributed by atoms with Crippen LogP contribution in [0.4, 0.5) is 5.95 Å². The lowest BCUT2D eigenvalue weighted by Crippen LogP contribution is -2.59. The lowest BCUT2D eigenvalue weighted by Gasteiger charge is -2.45. The van der Waals surface area contributed by atoms with E-state index in [0.29, 0.717) is 0 Å². The second-order valence-electron chi connectivity index (χ2n) is 8.12. The van der Waals surface area contributed by atoms with Crippen LogP contribution in [0.25, 0.3) is 11.0 Å². The molecule has 8 nitrogen and oxygen atoms in total.